The van der Waals surface area contributed by atoms with Gasteiger partial charge >= 0.3 is 0 Å². The Balaban J connectivity index is 2.18. The first-order valence-electron chi connectivity index (χ1n) is 8.06. The Bertz CT molecular complexity index is 462. The van der Waals surface area contributed by atoms with Gasteiger partial charge in [-0.25, -0.2) is 0 Å². The van der Waals surface area contributed by atoms with Crippen LogP contribution in [0.1, 0.15) is 57.3 Å². The summed E-state index contributed by atoms with van der Waals surface area (Å²) in [5.74, 6) is 0. The lowest BCUT2D eigenvalue weighted by Crippen LogP contribution is -2.48. The van der Waals surface area contributed by atoms with Crippen LogP contribution in [-0.2, 0) is 24.6 Å². The number of aromatic nitrogens is 2. The molecule has 1 atom stereocenters. The molecule has 0 bridgehead atoms. The van der Waals surface area contributed by atoms with Crippen LogP contribution in [0.25, 0.3) is 0 Å². The molecule has 0 saturated heterocycles. The number of aryl methyl sites for hydroxylation is 2. The maximum atomic E-state index is 10.9. The molecule has 0 aliphatic heterocycles. The number of aliphatic hydroxyl groups is 1. The van der Waals surface area contributed by atoms with E-state index in [1.165, 1.54) is 6.42 Å². The molecule has 1 aliphatic rings. The number of rotatable bonds is 6. The van der Waals surface area contributed by atoms with Gasteiger partial charge in [0, 0.05) is 20.1 Å². The van der Waals surface area contributed by atoms with Crippen molar-refractivity contribution in [3.05, 3.63) is 15.9 Å². The van der Waals surface area contributed by atoms with E-state index in [9.17, 15) is 5.11 Å². The normalized spacial score (nSPS) is 19.7. The van der Waals surface area contributed by atoms with Crippen molar-refractivity contribution in [1.82, 2.24) is 9.78 Å². The second kappa shape index (κ2) is 7.25. The fourth-order valence-electron chi connectivity index (χ4n) is 3.42. The maximum Gasteiger partial charge on any atom is 0.0943 e. The Kier molecular flexibility index (Phi) is 5.86. The van der Waals surface area contributed by atoms with Gasteiger partial charge in [0.1, 0.15) is 0 Å². The number of ether oxygens (including phenoxy) is 1. The molecule has 2 rings (SSSR count). The van der Waals surface area contributed by atoms with E-state index in [1.807, 2.05) is 18.7 Å². The molecule has 1 saturated carbocycles. The summed E-state index contributed by atoms with van der Waals surface area (Å²) >= 11 is 3.64. The van der Waals surface area contributed by atoms with E-state index in [4.69, 9.17) is 4.74 Å². The van der Waals surface area contributed by atoms with Crippen molar-refractivity contribution < 1.29 is 9.84 Å². The van der Waals surface area contributed by atoms with Gasteiger partial charge in [-0.15, -0.1) is 0 Å². The Morgan fingerprint density at radius 1 is 1.33 bits per heavy atom. The Morgan fingerprint density at radius 3 is 2.52 bits per heavy atom. The van der Waals surface area contributed by atoms with E-state index in [2.05, 4.69) is 28.0 Å². The number of aliphatic hydroxyl groups excluding tert-OH is 1. The van der Waals surface area contributed by atoms with Crippen molar-refractivity contribution >= 4 is 15.9 Å². The van der Waals surface area contributed by atoms with Gasteiger partial charge in [0.05, 0.1) is 27.6 Å². The van der Waals surface area contributed by atoms with E-state index in [0.29, 0.717) is 13.0 Å². The van der Waals surface area contributed by atoms with Gasteiger partial charge in [-0.3, -0.25) is 4.68 Å². The fraction of sp³-hybridized carbons (Fsp3) is 0.812. The summed E-state index contributed by atoms with van der Waals surface area (Å²) in [7, 11) is 1.94. The largest absolute Gasteiger partial charge is 0.390 e. The lowest BCUT2D eigenvalue weighted by Gasteiger charge is -2.41. The molecular formula is C16H27BrN2O2. The Hall–Kier alpha value is -0.390. The van der Waals surface area contributed by atoms with Gasteiger partial charge in [0.2, 0.25) is 0 Å². The summed E-state index contributed by atoms with van der Waals surface area (Å²) in [6.45, 7) is 4.76. The predicted molar refractivity (Wildman–Crippen MR) is 87.4 cm³/mol. The quantitative estimate of drug-likeness (QED) is 0.847. The van der Waals surface area contributed by atoms with Crippen LogP contribution in [0.4, 0.5) is 0 Å². The third-order valence-corrected chi connectivity index (χ3v) is 5.54. The summed E-state index contributed by atoms with van der Waals surface area (Å²) in [5.41, 5.74) is 1.74. The molecule has 1 aromatic rings. The Morgan fingerprint density at radius 2 is 2.00 bits per heavy atom. The lowest BCUT2D eigenvalue weighted by atomic mass is 9.79. The zero-order valence-corrected chi connectivity index (χ0v) is 14.9. The fourth-order valence-corrected chi connectivity index (χ4v) is 4.20. The molecule has 0 amide bonds. The number of hydrogen-bond donors (Lipinski definition) is 1. The summed E-state index contributed by atoms with van der Waals surface area (Å²) in [4.78, 5) is 0. The van der Waals surface area contributed by atoms with Crippen LogP contribution in [0, 0.1) is 0 Å². The van der Waals surface area contributed by atoms with Gasteiger partial charge in [-0.1, -0.05) is 26.2 Å². The molecule has 1 N–H and O–H groups in total. The van der Waals surface area contributed by atoms with Crippen molar-refractivity contribution in [2.24, 2.45) is 7.05 Å². The highest BCUT2D eigenvalue weighted by atomic mass is 79.9. The molecule has 21 heavy (non-hydrogen) atoms. The summed E-state index contributed by atoms with van der Waals surface area (Å²) in [6, 6.07) is 0. The predicted octanol–water partition coefficient (Wildman–Crippen LogP) is 3.39. The van der Waals surface area contributed by atoms with Crippen molar-refractivity contribution in [2.75, 3.05) is 6.61 Å². The molecule has 0 aromatic carbocycles. The second-order valence-electron chi connectivity index (χ2n) is 5.96. The molecule has 5 heteroatoms. The van der Waals surface area contributed by atoms with E-state index in [0.717, 1.165) is 48.0 Å². The van der Waals surface area contributed by atoms with Gasteiger partial charge in [0.15, 0.2) is 0 Å². The first-order valence-corrected chi connectivity index (χ1v) is 8.85. The monoisotopic (exact) mass is 358 g/mol. The minimum absolute atomic E-state index is 0.372. The molecule has 1 fully saturated rings. The third-order valence-electron chi connectivity index (χ3n) is 4.63. The van der Waals surface area contributed by atoms with Crippen LogP contribution < -0.4 is 0 Å². The zero-order valence-electron chi connectivity index (χ0n) is 13.4. The van der Waals surface area contributed by atoms with Crippen molar-refractivity contribution in [2.45, 2.75) is 70.5 Å². The number of nitrogens with zero attached hydrogens (tertiary/aromatic N) is 2. The van der Waals surface area contributed by atoms with Crippen molar-refractivity contribution in [3.8, 4) is 0 Å². The highest BCUT2D eigenvalue weighted by Gasteiger charge is 2.40. The summed E-state index contributed by atoms with van der Waals surface area (Å²) in [5, 5.41) is 15.4. The topological polar surface area (TPSA) is 47.3 Å². The van der Waals surface area contributed by atoms with Gasteiger partial charge in [-0.2, -0.15) is 5.10 Å². The number of hydrogen-bond acceptors (Lipinski definition) is 3. The SMILES string of the molecule is CCOC1(C(O)Cc2c(Br)c(CC)nn2C)CCCCC1. The Labute approximate surface area is 136 Å². The van der Waals surface area contributed by atoms with Crippen LogP contribution >= 0.6 is 15.9 Å². The minimum Gasteiger partial charge on any atom is -0.390 e. The van der Waals surface area contributed by atoms with Crippen LogP contribution in [0.5, 0.6) is 0 Å². The third kappa shape index (κ3) is 3.51. The highest BCUT2D eigenvalue weighted by Crippen LogP contribution is 2.36. The average molecular weight is 359 g/mol. The first-order chi connectivity index (χ1) is 10.0. The van der Waals surface area contributed by atoms with Crippen molar-refractivity contribution in [3.63, 3.8) is 0 Å². The maximum absolute atomic E-state index is 10.9. The number of halogens is 1. The highest BCUT2D eigenvalue weighted by molar-refractivity contribution is 9.10. The van der Waals surface area contributed by atoms with Crippen molar-refractivity contribution in [1.29, 1.82) is 0 Å². The van der Waals surface area contributed by atoms with Gasteiger partial charge < -0.3 is 9.84 Å². The molecule has 1 aromatic heterocycles. The van der Waals surface area contributed by atoms with E-state index < -0.39 is 6.10 Å². The van der Waals surface area contributed by atoms with Crippen LogP contribution in [0.2, 0.25) is 0 Å². The molecule has 1 unspecified atom stereocenters. The molecule has 0 spiro atoms. The zero-order chi connectivity index (χ0) is 15.5. The smallest absolute Gasteiger partial charge is 0.0943 e. The van der Waals surface area contributed by atoms with Crippen LogP contribution in [0.3, 0.4) is 0 Å². The molecule has 1 heterocycles. The van der Waals surface area contributed by atoms with E-state index in [1.54, 1.807) is 0 Å². The summed E-state index contributed by atoms with van der Waals surface area (Å²) < 4.78 is 8.94. The van der Waals surface area contributed by atoms with Gasteiger partial charge in [0.25, 0.3) is 0 Å². The minimum atomic E-state index is -0.478. The van der Waals surface area contributed by atoms with Crippen LogP contribution in [-0.4, -0.2) is 33.2 Å². The van der Waals surface area contributed by atoms with E-state index in [-0.39, 0.29) is 5.60 Å². The molecule has 1 aliphatic carbocycles. The summed E-state index contributed by atoms with van der Waals surface area (Å²) in [6.07, 6.45) is 6.44. The molecular weight excluding hydrogens is 332 g/mol. The second-order valence-corrected chi connectivity index (χ2v) is 6.76. The van der Waals surface area contributed by atoms with Gasteiger partial charge in [-0.05, 0) is 42.1 Å². The molecule has 4 nitrogen and oxygen atoms in total. The van der Waals surface area contributed by atoms with Crippen LogP contribution in [0.15, 0.2) is 4.47 Å². The molecule has 0 radical (unpaired) electrons. The standard InChI is InChI=1S/C16H27BrN2O2/c1-4-12-15(17)13(19(3)18-12)11-14(20)16(21-5-2)9-7-6-8-10-16/h14,20H,4-11H2,1-3H3. The lowest BCUT2D eigenvalue weighted by molar-refractivity contribution is -0.139. The van der Waals surface area contributed by atoms with E-state index >= 15 is 0 Å². The first kappa shape index (κ1) is 17.0. The molecule has 120 valence electrons. The average Bonchev–Trinajstić information content (AvgIpc) is 2.76.